The van der Waals surface area contributed by atoms with Crippen LogP contribution in [0, 0.1) is 11.7 Å². The van der Waals surface area contributed by atoms with Gasteiger partial charge in [-0.25, -0.2) is 13.1 Å². The maximum atomic E-state index is 13.0. The van der Waals surface area contributed by atoms with Crippen molar-refractivity contribution in [3.05, 3.63) is 107 Å². The number of aromatic nitrogens is 2. The van der Waals surface area contributed by atoms with Gasteiger partial charge in [-0.3, -0.25) is 9.36 Å². The SMILES string of the molecule is Cc1ccc(S(=O)(=O)NCc2ccccc2)cc1C(=O)Nc1cccc(-n2cc[nH]c2=S)c1. The Morgan fingerprint density at radius 3 is 2.55 bits per heavy atom. The van der Waals surface area contributed by atoms with Crippen LogP contribution in [0.1, 0.15) is 21.5 Å². The lowest BCUT2D eigenvalue weighted by atomic mass is 10.1. The molecule has 0 aliphatic carbocycles. The molecule has 3 N–H and O–H groups in total. The Labute approximate surface area is 197 Å². The summed E-state index contributed by atoms with van der Waals surface area (Å²) < 4.78 is 30.5. The van der Waals surface area contributed by atoms with Gasteiger partial charge in [0.2, 0.25) is 10.0 Å². The topological polar surface area (TPSA) is 96.0 Å². The third kappa shape index (κ3) is 5.28. The molecule has 9 heteroatoms. The van der Waals surface area contributed by atoms with Crippen molar-refractivity contribution in [3.63, 3.8) is 0 Å². The average Bonchev–Trinajstić information content (AvgIpc) is 3.24. The highest BCUT2D eigenvalue weighted by Crippen LogP contribution is 2.20. The van der Waals surface area contributed by atoms with E-state index in [2.05, 4.69) is 15.0 Å². The lowest BCUT2D eigenvalue weighted by molar-refractivity contribution is 0.102. The molecule has 4 aromatic rings. The molecule has 0 saturated carbocycles. The van der Waals surface area contributed by atoms with Crippen LogP contribution in [0.15, 0.2) is 90.1 Å². The van der Waals surface area contributed by atoms with Crippen LogP contribution >= 0.6 is 12.2 Å². The molecule has 0 aliphatic rings. The zero-order valence-corrected chi connectivity index (χ0v) is 19.4. The summed E-state index contributed by atoms with van der Waals surface area (Å²) in [5, 5.41) is 2.85. The zero-order valence-electron chi connectivity index (χ0n) is 17.8. The van der Waals surface area contributed by atoms with E-state index in [0.29, 0.717) is 16.0 Å². The van der Waals surface area contributed by atoms with Gasteiger partial charge in [-0.15, -0.1) is 0 Å². The van der Waals surface area contributed by atoms with Crippen LogP contribution in [0.5, 0.6) is 0 Å². The van der Waals surface area contributed by atoms with Gasteiger partial charge in [0.1, 0.15) is 0 Å². The van der Waals surface area contributed by atoms with Gasteiger partial charge in [-0.1, -0.05) is 42.5 Å². The maximum absolute atomic E-state index is 13.0. The first-order valence-corrected chi connectivity index (χ1v) is 12.0. The lowest BCUT2D eigenvalue weighted by Crippen LogP contribution is -2.24. The summed E-state index contributed by atoms with van der Waals surface area (Å²) in [5.41, 5.74) is 3.14. The third-order valence-corrected chi connectivity index (χ3v) is 6.82. The number of anilines is 1. The highest BCUT2D eigenvalue weighted by atomic mass is 32.2. The minimum atomic E-state index is -3.79. The normalized spacial score (nSPS) is 11.3. The van der Waals surface area contributed by atoms with Crippen molar-refractivity contribution < 1.29 is 13.2 Å². The highest BCUT2D eigenvalue weighted by Gasteiger charge is 2.18. The smallest absolute Gasteiger partial charge is 0.255 e. The van der Waals surface area contributed by atoms with E-state index in [1.165, 1.54) is 12.1 Å². The number of H-pyrrole nitrogens is 1. The van der Waals surface area contributed by atoms with Crippen molar-refractivity contribution in [2.24, 2.45) is 0 Å². The van der Waals surface area contributed by atoms with Gasteiger partial charge in [0.05, 0.1) is 4.90 Å². The summed E-state index contributed by atoms with van der Waals surface area (Å²) in [6.45, 7) is 1.92. The number of aryl methyl sites for hydroxylation is 1. The monoisotopic (exact) mass is 478 g/mol. The van der Waals surface area contributed by atoms with Gasteiger partial charge in [0.25, 0.3) is 5.91 Å². The summed E-state index contributed by atoms with van der Waals surface area (Å²) in [7, 11) is -3.79. The molecule has 0 spiro atoms. The van der Waals surface area contributed by atoms with Gasteiger partial charge in [0.15, 0.2) is 4.77 Å². The number of carbonyl (C=O) groups is 1. The number of aromatic amines is 1. The number of nitrogens with one attached hydrogen (secondary N) is 3. The van der Waals surface area contributed by atoms with Crippen LogP contribution < -0.4 is 10.0 Å². The quantitative estimate of drug-likeness (QED) is 0.339. The predicted molar refractivity (Wildman–Crippen MR) is 131 cm³/mol. The molecule has 0 saturated heterocycles. The number of carbonyl (C=O) groups excluding carboxylic acids is 1. The number of hydrogen-bond donors (Lipinski definition) is 3. The molecule has 0 unspecified atom stereocenters. The highest BCUT2D eigenvalue weighted by molar-refractivity contribution is 7.89. The standard InChI is InChI=1S/C24H22N4O3S2/c1-17-10-11-21(33(30,31)26-16-18-6-3-2-4-7-18)15-22(17)23(29)27-19-8-5-9-20(14-19)28-13-12-25-24(28)32/h2-15,26H,16H2,1H3,(H,25,32)(H,27,29). The van der Waals surface area contributed by atoms with E-state index in [0.717, 1.165) is 11.3 Å². The minimum absolute atomic E-state index is 0.0292. The Hall–Kier alpha value is -3.53. The van der Waals surface area contributed by atoms with Crippen LogP contribution in [-0.4, -0.2) is 23.9 Å². The van der Waals surface area contributed by atoms with Crippen LogP contribution in [0.3, 0.4) is 0 Å². The molecule has 0 fully saturated rings. The Balaban J connectivity index is 1.55. The molecule has 0 bridgehead atoms. The van der Waals surface area contributed by atoms with Gasteiger partial charge >= 0.3 is 0 Å². The van der Waals surface area contributed by atoms with E-state index in [1.807, 2.05) is 36.4 Å². The minimum Gasteiger partial charge on any atom is -0.337 e. The third-order valence-electron chi connectivity index (χ3n) is 5.10. The molecule has 168 valence electrons. The fourth-order valence-corrected chi connectivity index (χ4v) is 4.60. The summed E-state index contributed by atoms with van der Waals surface area (Å²) in [4.78, 5) is 16.0. The van der Waals surface area contributed by atoms with Crippen molar-refractivity contribution in [2.75, 3.05) is 5.32 Å². The lowest BCUT2D eigenvalue weighted by Gasteiger charge is -2.12. The summed E-state index contributed by atoms with van der Waals surface area (Å²) in [6, 6.07) is 21.0. The molecule has 3 aromatic carbocycles. The van der Waals surface area contributed by atoms with Gasteiger partial charge in [0, 0.05) is 35.9 Å². The summed E-state index contributed by atoms with van der Waals surface area (Å²) >= 11 is 5.25. The molecular formula is C24H22N4O3S2. The van der Waals surface area contributed by atoms with E-state index < -0.39 is 15.9 Å². The first kappa shape index (κ1) is 22.7. The molecule has 7 nitrogen and oxygen atoms in total. The fraction of sp³-hybridized carbons (Fsp3) is 0.0833. The molecule has 1 aromatic heterocycles. The Morgan fingerprint density at radius 1 is 1.03 bits per heavy atom. The number of imidazole rings is 1. The predicted octanol–water partition coefficient (Wildman–Crippen LogP) is 4.57. The molecule has 0 atom stereocenters. The Kier molecular flexibility index (Phi) is 6.55. The number of nitrogens with zero attached hydrogens (tertiary/aromatic N) is 1. The number of benzene rings is 3. The van der Waals surface area contributed by atoms with Crippen molar-refractivity contribution in [1.29, 1.82) is 0 Å². The maximum Gasteiger partial charge on any atom is 0.255 e. The van der Waals surface area contributed by atoms with E-state index in [-0.39, 0.29) is 17.0 Å². The van der Waals surface area contributed by atoms with Crippen molar-refractivity contribution in [1.82, 2.24) is 14.3 Å². The molecular weight excluding hydrogens is 456 g/mol. The van der Waals surface area contributed by atoms with Gasteiger partial charge < -0.3 is 10.3 Å². The number of rotatable bonds is 7. The van der Waals surface area contributed by atoms with Crippen molar-refractivity contribution in [2.45, 2.75) is 18.4 Å². The molecule has 33 heavy (non-hydrogen) atoms. The van der Waals surface area contributed by atoms with Gasteiger partial charge in [-0.05, 0) is 60.6 Å². The zero-order chi connectivity index (χ0) is 23.4. The Morgan fingerprint density at radius 2 is 1.82 bits per heavy atom. The van der Waals surface area contributed by atoms with E-state index >= 15 is 0 Å². The molecule has 4 rings (SSSR count). The number of hydrogen-bond acceptors (Lipinski definition) is 4. The van der Waals surface area contributed by atoms with E-state index in [9.17, 15) is 13.2 Å². The van der Waals surface area contributed by atoms with Crippen LogP contribution in [0.4, 0.5) is 5.69 Å². The first-order chi connectivity index (χ1) is 15.8. The second-order valence-electron chi connectivity index (χ2n) is 7.43. The number of sulfonamides is 1. The Bertz CT molecular complexity index is 1460. The van der Waals surface area contributed by atoms with Crippen LogP contribution in [0.25, 0.3) is 5.69 Å². The molecule has 0 aliphatic heterocycles. The molecule has 0 radical (unpaired) electrons. The first-order valence-electron chi connectivity index (χ1n) is 10.2. The van der Waals surface area contributed by atoms with Crippen LogP contribution in [-0.2, 0) is 16.6 Å². The second-order valence-corrected chi connectivity index (χ2v) is 9.58. The van der Waals surface area contributed by atoms with Gasteiger partial charge in [-0.2, -0.15) is 0 Å². The average molecular weight is 479 g/mol. The van der Waals surface area contributed by atoms with Crippen LogP contribution in [0.2, 0.25) is 0 Å². The number of amides is 1. The molecule has 1 amide bonds. The summed E-state index contributed by atoms with van der Waals surface area (Å²) in [5.74, 6) is -0.401. The fourth-order valence-electron chi connectivity index (χ4n) is 3.33. The van der Waals surface area contributed by atoms with Crippen molar-refractivity contribution in [3.8, 4) is 5.69 Å². The molecule has 1 heterocycles. The summed E-state index contributed by atoms with van der Waals surface area (Å²) in [6.07, 6.45) is 3.53. The van der Waals surface area contributed by atoms with E-state index in [1.54, 1.807) is 48.1 Å². The van der Waals surface area contributed by atoms with Crippen molar-refractivity contribution >= 4 is 33.8 Å². The largest absolute Gasteiger partial charge is 0.337 e. The van der Waals surface area contributed by atoms with E-state index in [4.69, 9.17) is 12.2 Å². The second kappa shape index (κ2) is 9.53.